The maximum absolute atomic E-state index is 12.3. The molecule has 1 saturated heterocycles. The number of carbonyl (C=O) groups is 1. The van der Waals surface area contributed by atoms with Gasteiger partial charge in [0.1, 0.15) is 11.4 Å². The van der Waals surface area contributed by atoms with Gasteiger partial charge in [0.15, 0.2) is 0 Å². The number of hydrogen-bond acceptors (Lipinski definition) is 4. The third kappa shape index (κ3) is 4.72. The minimum atomic E-state index is -1.01. The molecule has 1 heterocycles. The molecule has 0 aromatic heterocycles. The van der Waals surface area contributed by atoms with Crippen molar-refractivity contribution in [3.63, 3.8) is 0 Å². The minimum absolute atomic E-state index is 0.215. The summed E-state index contributed by atoms with van der Waals surface area (Å²) in [5.74, 6) is 0.580. The molecule has 2 fully saturated rings. The third-order valence-electron chi connectivity index (χ3n) is 5.60. The van der Waals surface area contributed by atoms with Crippen LogP contribution in [0.25, 0.3) is 0 Å². The van der Waals surface area contributed by atoms with Gasteiger partial charge in [0.25, 0.3) is 0 Å². The number of piperidine rings is 1. The van der Waals surface area contributed by atoms with Gasteiger partial charge in [-0.05, 0) is 56.9 Å². The summed E-state index contributed by atoms with van der Waals surface area (Å²) in [5, 5.41) is 0. The van der Waals surface area contributed by atoms with Gasteiger partial charge >= 0.3 is 6.09 Å². The first-order valence-electron chi connectivity index (χ1n) is 9.41. The predicted octanol–water partition coefficient (Wildman–Crippen LogP) is 3.48. The van der Waals surface area contributed by atoms with Gasteiger partial charge in [-0.2, -0.15) is 0 Å². The van der Waals surface area contributed by atoms with Crippen molar-refractivity contribution in [2.75, 3.05) is 19.6 Å². The Morgan fingerprint density at radius 1 is 1.31 bits per heavy atom. The van der Waals surface area contributed by atoms with Crippen LogP contribution in [-0.4, -0.2) is 39.9 Å². The van der Waals surface area contributed by atoms with Crippen molar-refractivity contribution in [1.82, 2.24) is 9.62 Å². The summed E-state index contributed by atoms with van der Waals surface area (Å²) >= 11 is -1.01. The minimum Gasteiger partial charge on any atom is -0.598 e. The second-order valence-electron chi connectivity index (χ2n) is 8.52. The van der Waals surface area contributed by atoms with Crippen molar-refractivity contribution >= 4 is 17.5 Å². The van der Waals surface area contributed by atoms with E-state index in [0.717, 1.165) is 38.0 Å². The fourth-order valence-corrected chi connectivity index (χ4v) is 4.46. The molecule has 0 bridgehead atoms. The molecule has 0 radical (unpaired) electrons. The van der Waals surface area contributed by atoms with Crippen LogP contribution < -0.4 is 4.72 Å². The number of rotatable bonds is 5. The summed E-state index contributed by atoms with van der Waals surface area (Å²) in [6.45, 7) is 8.60. The second kappa shape index (κ2) is 7.79. The topological polar surface area (TPSA) is 64.6 Å². The fourth-order valence-electron chi connectivity index (χ4n) is 3.67. The first-order chi connectivity index (χ1) is 12.3. The number of likely N-dealkylation sites (tertiary alicyclic amines) is 1. The van der Waals surface area contributed by atoms with E-state index < -0.39 is 11.4 Å². The van der Waals surface area contributed by atoms with E-state index >= 15 is 0 Å². The average Bonchev–Trinajstić information content (AvgIpc) is 3.30. The van der Waals surface area contributed by atoms with Crippen LogP contribution in [0.2, 0.25) is 0 Å². The first-order valence-corrected chi connectivity index (χ1v) is 10.6. The Labute approximate surface area is 159 Å². The molecule has 2 atom stereocenters. The van der Waals surface area contributed by atoms with Crippen LogP contribution in [-0.2, 0) is 22.7 Å². The van der Waals surface area contributed by atoms with Gasteiger partial charge in [-0.3, -0.25) is 0 Å². The van der Waals surface area contributed by atoms with Gasteiger partial charge in [-0.25, -0.2) is 4.79 Å². The molecule has 1 aromatic rings. The molecule has 6 heteroatoms. The van der Waals surface area contributed by atoms with E-state index in [1.54, 1.807) is 0 Å². The molecule has 1 spiro atoms. The van der Waals surface area contributed by atoms with Crippen molar-refractivity contribution in [1.29, 1.82) is 0 Å². The van der Waals surface area contributed by atoms with Gasteiger partial charge in [-0.1, -0.05) is 30.3 Å². The van der Waals surface area contributed by atoms with Crippen LogP contribution in [0.3, 0.4) is 0 Å². The molecule has 26 heavy (non-hydrogen) atoms. The van der Waals surface area contributed by atoms with E-state index in [1.165, 1.54) is 6.42 Å². The average molecular weight is 379 g/mol. The number of carbonyl (C=O) groups excluding carboxylic acids is 1. The van der Waals surface area contributed by atoms with Crippen LogP contribution in [0.15, 0.2) is 30.3 Å². The lowest BCUT2D eigenvalue weighted by Crippen LogP contribution is -2.42. The van der Waals surface area contributed by atoms with Crippen molar-refractivity contribution in [3.05, 3.63) is 35.9 Å². The van der Waals surface area contributed by atoms with Crippen LogP contribution in [0, 0.1) is 11.3 Å². The first kappa shape index (κ1) is 19.5. The molecule has 2 unspecified atom stereocenters. The van der Waals surface area contributed by atoms with Crippen LogP contribution in [0.5, 0.6) is 0 Å². The Bertz CT molecular complexity index is 609. The van der Waals surface area contributed by atoms with E-state index in [1.807, 2.05) is 56.0 Å². The molecule has 1 saturated carbocycles. The normalized spacial score (nSPS) is 22.9. The Morgan fingerprint density at radius 2 is 1.96 bits per heavy atom. The number of amides is 1. The zero-order valence-electron chi connectivity index (χ0n) is 16.0. The van der Waals surface area contributed by atoms with E-state index in [9.17, 15) is 9.35 Å². The highest BCUT2D eigenvalue weighted by Crippen LogP contribution is 2.59. The summed E-state index contributed by atoms with van der Waals surface area (Å²) < 4.78 is 20.5. The number of benzene rings is 1. The van der Waals surface area contributed by atoms with Crippen molar-refractivity contribution < 1.29 is 14.1 Å². The van der Waals surface area contributed by atoms with Crippen LogP contribution in [0.1, 0.15) is 45.6 Å². The summed E-state index contributed by atoms with van der Waals surface area (Å²) in [6, 6.07) is 9.76. The fraction of sp³-hybridized carbons (Fsp3) is 0.650. The van der Waals surface area contributed by atoms with E-state index in [0.29, 0.717) is 17.9 Å². The lowest BCUT2D eigenvalue weighted by Gasteiger charge is -2.32. The lowest BCUT2D eigenvalue weighted by molar-refractivity contribution is 0.0780. The van der Waals surface area contributed by atoms with E-state index in [4.69, 9.17) is 4.74 Å². The number of ether oxygens (including phenoxy) is 1. The zero-order valence-corrected chi connectivity index (χ0v) is 16.8. The number of nitrogens with zero attached hydrogens (tertiary/aromatic N) is 1. The standard InChI is InChI=1S/C20H30N2O3S/c1-19(2,3)26(24)21-14-17-13-20(17)9-11-22(12-10-20)18(23)25-15-16-7-5-4-6-8-16/h4-8,17,21H,9-15H2,1-3H3. The van der Waals surface area contributed by atoms with Gasteiger partial charge in [-0.15, -0.1) is 4.72 Å². The molecule has 1 amide bonds. The van der Waals surface area contributed by atoms with Gasteiger partial charge in [0, 0.05) is 31.0 Å². The smallest absolute Gasteiger partial charge is 0.410 e. The van der Waals surface area contributed by atoms with Crippen molar-refractivity contribution in [3.8, 4) is 0 Å². The summed E-state index contributed by atoms with van der Waals surface area (Å²) in [7, 11) is 0. The lowest BCUT2D eigenvalue weighted by atomic mass is 9.91. The molecule has 5 nitrogen and oxygen atoms in total. The molecule has 1 N–H and O–H groups in total. The number of nitrogens with one attached hydrogen (secondary N) is 1. The quantitative estimate of drug-likeness (QED) is 0.797. The maximum Gasteiger partial charge on any atom is 0.410 e. The molecule has 1 aromatic carbocycles. The largest absolute Gasteiger partial charge is 0.598 e. The Morgan fingerprint density at radius 3 is 2.58 bits per heavy atom. The molecular formula is C20H30N2O3S. The Kier molecular flexibility index (Phi) is 5.85. The summed E-state index contributed by atoms with van der Waals surface area (Å²) in [4.78, 5) is 14.1. The maximum atomic E-state index is 12.3. The highest BCUT2D eigenvalue weighted by molar-refractivity contribution is 7.90. The molecule has 1 aliphatic carbocycles. The summed E-state index contributed by atoms with van der Waals surface area (Å²) in [6.07, 6.45) is 2.99. The Balaban J connectivity index is 1.39. The molecule has 1 aliphatic heterocycles. The second-order valence-corrected chi connectivity index (χ2v) is 10.6. The predicted molar refractivity (Wildman–Crippen MR) is 104 cm³/mol. The van der Waals surface area contributed by atoms with Gasteiger partial charge < -0.3 is 14.2 Å². The molecular weight excluding hydrogens is 348 g/mol. The zero-order chi connectivity index (χ0) is 18.8. The van der Waals surface area contributed by atoms with Gasteiger partial charge in [0.05, 0.1) is 0 Å². The number of hydrogen-bond donors (Lipinski definition) is 1. The molecule has 2 aliphatic rings. The molecule has 144 valence electrons. The highest BCUT2D eigenvalue weighted by atomic mass is 32.2. The summed E-state index contributed by atoms with van der Waals surface area (Å²) in [5.41, 5.74) is 1.35. The third-order valence-corrected chi connectivity index (χ3v) is 7.14. The van der Waals surface area contributed by atoms with Crippen molar-refractivity contribution in [2.45, 2.75) is 51.4 Å². The van der Waals surface area contributed by atoms with Crippen LogP contribution in [0.4, 0.5) is 4.79 Å². The molecule has 3 rings (SSSR count). The van der Waals surface area contributed by atoms with Gasteiger partial charge in [0.2, 0.25) is 0 Å². The highest BCUT2D eigenvalue weighted by Gasteiger charge is 2.55. The van der Waals surface area contributed by atoms with E-state index in [2.05, 4.69) is 4.72 Å². The van der Waals surface area contributed by atoms with Crippen LogP contribution >= 0.6 is 0 Å². The monoisotopic (exact) mass is 378 g/mol. The SMILES string of the molecule is CC(C)(C)[S+]([O-])NCC1CC12CCN(C(=O)OCc1ccccc1)CC2. The Hall–Kier alpha value is -1.24. The van der Waals surface area contributed by atoms with E-state index in [-0.39, 0.29) is 10.8 Å². The van der Waals surface area contributed by atoms with Crippen molar-refractivity contribution in [2.24, 2.45) is 11.3 Å².